The van der Waals surface area contributed by atoms with E-state index in [-0.39, 0.29) is 0 Å². The predicted octanol–water partition coefficient (Wildman–Crippen LogP) is 7.01. The van der Waals surface area contributed by atoms with E-state index in [0.29, 0.717) is 6.54 Å². The van der Waals surface area contributed by atoms with E-state index in [4.69, 9.17) is 14.8 Å². The normalized spacial score (nSPS) is 16.2. The molecule has 7 heteroatoms. The summed E-state index contributed by atoms with van der Waals surface area (Å²) < 4.78 is 5.36. The first-order valence-corrected chi connectivity index (χ1v) is 15.2. The Labute approximate surface area is 254 Å². The Bertz CT molecular complexity index is 1680. The minimum atomic E-state index is 0.674. The Morgan fingerprint density at radius 2 is 1.77 bits per heavy atom. The van der Waals surface area contributed by atoms with Gasteiger partial charge in [0, 0.05) is 48.9 Å². The van der Waals surface area contributed by atoms with Crippen LogP contribution < -0.4 is 10.1 Å². The number of aromatic amines is 1. The average Bonchev–Trinajstić information content (AvgIpc) is 3.61. The lowest BCUT2D eigenvalue weighted by Gasteiger charge is -2.31. The van der Waals surface area contributed by atoms with Gasteiger partial charge in [-0.2, -0.15) is 5.10 Å². The van der Waals surface area contributed by atoms with E-state index in [1.165, 1.54) is 33.3 Å². The van der Waals surface area contributed by atoms with Gasteiger partial charge in [-0.3, -0.25) is 0 Å². The lowest BCUT2D eigenvalue weighted by molar-refractivity contribution is 0.340. The largest absolute Gasteiger partial charge is 0.497 e. The highest BCUT2D eigenvalue weighted by Crippen LogP contribution is 2.31. The van der Waals surface area contributed by atoms with Crippen LogP contribution in [0.2, 0.25) is 0 Å². The number of benzene rings is 3. The molecule has 0 amide bonds. The van der Waals surface area contributed by atoms with Crippen LogP contribution in [0, 0.1) is 0 Å². The molecule has 0 atom stereocenters. The number of ether oxygens (including phenoxy) is 1. The highest BCUT2D eigenvalue weighted by molar-refractivity contribution is 6.27. The molecule has 0 aliphatic carbocycles. The molecule has 2 aliphatic rings. The average molecular weight is 573 g/mol. The molecule has 43 heavy (non-hydrogen) atoms. The van der Waals surface area contributed by atoms with Crippen LogP contribution in [0.5, 0.6) is 5.75 Å². The molecule has 0 saturated heterocycles. The molecule has 0 fully saturated rings. The number of hydrogen-bond donors (Lipinski definition) is 2. The van der Waals surface area contributed by atoms with Crippen molar-refractivity contribution in [1.29, 1.82) is 0 Å². The molecule has 7 nitrogen and oxygen atoms in total. The summed E-state index contributed by atoms with van der Waals surface area (Å²) in [5.74, 6) is 2.68. The Kier molecular flexibility index (Phi) is 8.59. The maximum absolute atomic E-state index is 5.36. The molecule has 4 aromatic rings. The Morgan fingerprint density at radius 1 is 1.00 bits per heavy atom. The molecule has 0 spiro atoms. The van der Waals surface area contributed by atoms with Crippen LogP contribution in [0.3, 0.4) is 0 Å². The SMILES string of the molecule is CC/C=C(/N=C1\C2=C(C)N(Cc3ccc(OC)cc3)CCC2=NN1Cc1ccccc1)NCCc1c[nH]c2ccccc12. The number of nitrogens with one attached hydrogen (secondary N) is 2. The number of aliphatic imine (C=N–C) groups is 1. The van der Waals surface area contributed by atoms with Gasteiger partial charge in [-0.05, 0) is 60.7 Å². The summed E-state index contributed by atoms with van der Waals surface area (Å²) in [5, 5.41) is 12.1. The number of fused-ring (bicyclic) bond motifs is 2. The summed E-state index contributed by atoms with van der Waals surface area (Å²) in [4.78, 5) is 11.1. The molecule has 220 valence electrons. The van der Waals surface area contributed by atoms with Gasteiger partial charge in [0.2, 0.25) is 0 Å². The van der Waals surface area contributed by atoms with Gasteiger partial charge in [0.25, 0.3) is 0 Å². The summed E-state index contributed by atoms with van der Waals surface area (Å²) in [7, 11) is 1.70. The van der Waals surface area contributed by atoms with Gasteiger partial charge in [-0.1, -0.05) is 67.6 Å². The van der Waals surface area contributed by atoms with Crippen molar-refractivity contribution in [1.82, 2.24) is 20.2 Å². The zero-order valence-electron chi connectivity index (χ0n) is 25.3. The molecule has 6 rings (SSSR count). The minimum absolute atomic E-state index is 0.674. The number of methoxy groups -OCH3 is 1. The first-order valence-electron chi connectivity index (χ1n) is 15.2. The van der Waals surface area contributed by atoms with Crippen molar-refractivity contribution in [3.05, 3.63) is 125 Å². The number of hydrazone groups is 1. The maximum atomic E-state index is 5.36. The zero-order valence-corrected chi connectivity index (χ0v) is 25.3. The van der Waals surface area contributed by atoms with Crippen molar-refractivity contribution in [2.45, 2.75) is 46.2 Å². The molecule has 3 aromatic carbocycles. The number of allylic oxidation sites excluding steroid dienone is 2. The second-order valence-electron chi connectivity index (χ2n) is 11.0. The first-order chi connectivity index (χ1) is 21.1. The third-order valence-corrected chi connectivity index (χ3v) is 8.16. The highest BCUT2D eigenvalue weighted by Gasteiger charge is 2.34. The molecule has 3 heterocycles. The van der Waals surface area contributed by atoms with Crippen molar-refractivity contribution in [3.63, 3.8) is 0 Å². The number of amidine groups is 1. The third kappa shape index (κ3) is 6.36. The number of hydrogen-bond acceptors (Lipinski definition) is 5. The lowest BCUT2D eigenvalue weighted by atomic mass is 9.99. The molecule has 0 saturated carbocycles. The minimum Gasteiger partial charge on any atom is -0.497 e. The fraction of sp³-hybridized carbons (Fsp3) is 0.278. The van der Waals surface area contributed by atoms with Crippen LogP contribution in [-0.2, 0) is 19.5 Å². The summed E-state index contributed by atoms with van der Waals surface area (Å²) in [6, 6.07) is 27.3. The van der Waals surface area contributed by atoms with E-state index in [0.717, 1.165) is 67.6 Å². The molecular formula is C36H40N6O. The Balaban J connectivity index is 1.28. The van der Waals surface area contributed by atoms with Crippen LogP contribution in [0.25, 0.3) is 10.9 Å². The first kappa shape index (κ1) is 28.3. The van der Waals surface area contributed by atoms with Gasteiger partial charge >= 0.3 is 0 Å². The van der Waals surface area contributed by atoms with E-state index < -0.39 is 0 Å². The number of rotatable bonds is 11. The Hall–Kier alpha value is -4.78. The summed E-state index contributed by atoms with van der Waals surface area (Å²) in [6.45, 7) is 7.59. The van der Waals surface area contributed by atoms with Crippen LogP contribution in [0.1, 0.15) is 43.4 Å². The molecule has 0 bridgehead atoms. The smallest absolute Gasteiger partial charge is 0.162 e. The molecular weight excluding hydrogens is 532 g/mol. The van der Waals surface area contributed by atoms with Gasteiger partial charge < -0.3 is 19.9 Å². The van der Waals surface area contributed by atoms with Crippen LogP contribution in [-0.4, -0.2) is 46.6 Å². The second kappa shape index (κ2) is 13.0. The zero-order chi connectivity index (χ0) is 29.6. The second-order valence-corrected chi connectivity index (χ2v) is 11.0. The molecule has 2 N–H and O–H groups in total. The van der Waals surface area contributed by atoms with Crippen LogP contribution in [0.15, 0.2) is 118 Å². The Morgan fingerprint density at radius 3 is 2.56 bits per heavy atom. The highest BCUT2D eigenvalue weighted by atomic mass is 16.5. The third-order valence-electron chi connectivity index (χ3n) is 8.16. The molecule has 1 aromatic heterocycles. The lowest BCUT2D eigenvalue weighted by Crippen LogP contribution is -2.33. The van der Waals surface area contributed by atoms with Gasteiger partial charge in [0.05, 0.1) is 24.9 Å². The molecule has 2 aliphatic heterocycles. The number of nitrogens with zero attached hydrogens (tertiary/aromatic N) is 4. The van der Waals surface area contributed by atoms with Crippen LogP contribution >= 0.6 is 0 Å². The standard InChI is InChI=1S/C36H40N6O/c1-4-10-34(37-21-19-29-23-38-32-14-9-8-13-31(29)32)39-36-35-26(2)41(24-28-15-17-30(43-3)18-16-28)22-20-33(35)40-42(36)25-27-11-6-5-7-12-27/h5-18,23,37-38H,4,19-22,24-25H2,1-3H3/b34-10+,39-36+. The van der Waals surface area contributed by atoms with E-state index in [2.05, 4.69) is 113 Å². The number of para-hydroxylation sites is 1. The monoisotopic (exact) mass is 572 g/mol. The summed E-state index contributed by atoms with van der Waals surface area (Å²) in [6.07, 6.45) is 6.97. The van der Waals surface area contributed by atoms with E-state index in [1.54, 1.807) is 7.11 Å². The van der Waals surface area contributed by atoms with Crippen molar-refractivity contribution >= 4 is 22.5 Å². The van der Waals surface area contributed by atoms with Crippen LogP contribution in [0.4, 0.5) is 0 Å². The topological polar surface area (TPSA) is 68.2 Å². The summed E-state index contributed by atoms with van der Waals surface area (Å²) >= 11 is 0. The van der Waals surface area contributed by atoms with Crippen molar-refractivity contribution in [3.8, 4) is 5.75 Å². The van der Waals surface area contributed by atoms with E-state index in [9.17, 15) is 0 Å². The molecule has 0 radical (unpaired) electrons. The van der Waals surface area contributed by atoms with Crippen molar-refractivity contribution in [2.75, 3.05) is 20.2 Å². The van der Waals surface area contributed by atoms with Gasteiger partial charge in [0.1, 0.15) is 11.6 Å². The number of H-pyrrole nitrogens is 1. The van der Waals surface area contributed by atoms with Crippen molar-refractivity contribution in [2.24, 2.45) is 10.1 Å². The predicted molar refractivity (Wildman–Crippen MR) is 176 cm³/mol. The van der Waals surface area contributed by atoms with Gasteiger partial charge in [-0.25, -0.2) is 10.0 Å². The van der Waals surface area contributed by atoms with Gasteiger partial charge in [-0.15, -0.1) is 0 Å². The van der Waals surface area contributed by atoms with E-state index in [1.807, 2.05) is 12.1 Å². The van der Waals surface area contributed by atoms with E-state index >= 15 is 0 Å². The fourth-order valence-electron chi connectivity index (χ4n) is 5.87. The fourth-order valence-corrected chi connectivity index (χ4v) is 5.87. The van der Waals surface area contributed by atoms with Gasteiger partial charge in [0.15, 0.2) is 5.84 Å². The number of aromatic nitrogens is 1. The summed E-state index contributed by atoms with van der Waals surface area (Å²) in [5.41, 5.74) is 8.43. The maximum Gasteiger partial charge on any atom is 0.162 e. The van der Waals surface area contributed by atoms with Crippen molar-refractivity contribution < 1.29 is 4.74 Å². The quantitative estimate of drug-likeness (QED) is 0.203. The molecule has 0 unspecified atom stereocenters.